The Hall–Kier alpha value is -0.550. The van der Waals surface area contributed by atoms with Crippen LogP contribution in [-0.2, 0) is 0 Å². The van der Waals surface area contributed by atoms with Gasteiger partial charge in [-0.05, 0) is 19.1 Å². The quantitative estimate of drug-likeness (QED) is 0.579. The van der Waals surface area contributed by atoms with Crippen molar-refractivity contribution >= 4 is 10.9 Å². The highest BCUT2D eigenvalue weighted by atomic mass is 32.3. The molecule has 3 N–H and O–H groups in total. The molecule has 0 saturated heterocycles. The maximum absolute atomic E-state index is 8.77. The molecule has 0 heterocycles. The molecule has 0 bridgehead atoms. The van der Waals surface area contributed by atoms with Crippen LogP contribution in [0.4, 0.5) is 0 Å². The van der Waals surface area contributed by atoms with Crippen LogP contribution in [0.5, 0.6) is 0 Å². The van der Waals surface area contributed by atoms with Crippen molar-refractivity contribution in [3.05, 3.63) is 35.8 Å². The minimum absolute atomic E-state index is 0.0648. The third-order valence-corrected chi connectivity index (χ3v) is 1.83. The van der Waals surface area contributed by atoms with E-state index in [2.05, 4.69) is 6.58 Å². The lowest BCUT2D eigenvalue weighted by Gasteiger charge is -2.19. The van der Waals surface area contributed by atoms with Gasteiger partial charge in [0.05, 0.1) is 4.91 Å². The van der Waals surface area contributed by atoms with Crippen LogP contribution < -0.4 is 0 Å². The molecule has 0 aliphatic heterocycles. The minimum Gasteiger partial charge on any atom is -0.304 e. The zero-order valence-electron chi connectivity index (χ0n) is 6.27. The third kappa shape index (κ3) is 4.00. The SMILES string of the molecule is C=C/C=C(\C=C/C)S(O)(O)O. The molecule has 0 radical (unpaired) electrons. The van der Waals surface area contributed by atoms with Gasteiger partial charge in [-0.1, -0.05) is 18.7 Å². The van der Waals surface area contributed by atoms with E-state index in [1.165, 1.54) is 18.2 Å². The number of hydrogen-bond acceptors (Lipinski definition) is 3. The van der Waals surface area contributed by atoms with Crippen LogP contribution >= 0.6 is 10.9 Å². The molecule has 11 heavy (non-hydrogen) atoms. The van der Waals surface area contributed by atoms with Crippen molar-refractivity contribution in [3.8, 4) is 0 Å². The summed E-state index contributed by atoms with van der Waals surface area (Å²) in [7, 11) is -3.59. The highest BCUT2D eigenvalue weighted by Crippen LogP contribution is 2.43. The van der Waals surface area contributed by atoms with Crippen LogP contribution in [0.2, 0.25) is 0 Å². The fourth-order valence-electron chi connectivity index (χ4n) is 0.519. The van der Waals surface area contributed by atoms with Crippen molar-refractivity contribution < 1.29 is 13.7 Å². The summed E-state index contributed by atoms with van der Waals surface area (Å²) in [4.78, 5) is 0.0648. The van der Waals surface area contributed by atoms with Crippen molar-refractivity contribution in [2.75, 3.05) is 0 Å². The summed E-state index contributed by atoms with van der Waals surface area (Å²) >= 11 is 0. The van der Waals surface area contributed by atoms with Gasteiger partial charge >= 0.3 is 0 Å². The van der Waals surface area contributed by atoms with E-state index < -0.39 is 10.9 Å². The van der Waals surface area contributed by atoms with Crippen molar-refractivity contribution in [2.24, 2.45) is 0 Å². The molecule has 4 heteroatoms. The standard InChI is InChI=1S/C7H12O3S/c1-3-5-7(6-4-2)11(8,9)10/h3-6,8-10H,1H2,2H3/b6-4-,7-5+. The molecule has 3 nitrogen and oxygen atoms in total. The van der Waals surface area contributed by atoms with Crippen LogP contribution in [0.1, 0.15) is 6.92 Å². The molecule has 0 spiro atoms. The molecule has 0 aliphatic rings. The summed E-state index contributed by atoms with van der Waals surface area (Å²) in [5, 5.41) is 0. The van der Waals surface area contributed by atoms with Crippen molar-refractivity contribution in [2.45, 2.75) is 6.92 Å². The molecule has 0 aliphatic carbocycles. The Morgan fingerprint density at radius 2 is 1.91 bits per heavy atom. The Morgan fingerprint density at radius 1 is 1.36 bits per heavy atom. The Balaban J connectivity index is 4.61. The van der Waals surface area contributed by atoms with E-state index in [1.807, 2.05) is 0 Å². The van der Waals surface area contributed by atoms with E-state index in [-0.39, 0.29) is 4.91 Å². The average molecular weight is 176 g/mol. The summed E-state index contributed by atoms with van der Waals surface area (Å²) in [6.45, 7) is 5.08. The fourth-order valence-corrected chi connectivity index (χ4v) is 1.12. The molecule has 0 aromatic carbocycles. The average Bonchev–Trinajstić information content (AvgIpc) is 1.85. The second kappa shape index (κ2) is 4.35. The predicted molar refractivity (Wildman–Crippen MR) is 48.6 cm³/mol. The summed E-state index contributed by atoms with van der Waals surface area (Å²) in [6.07, 6.45) is 5.73. The van der Waals surface area contributed by atoms with Crippen LogP contribution in [0.3, 0.4) is 0 Å². The number of allylic oxidation sites excluding steroid dienone is 4. The van der Waals surface area contributed by atoms with Crippen LogP contribution in [0.15, 0.2) is 35.8 Å². The highest BCUT2D eigenvalue weighted by Gasteiger charge is 2.14. The molecule has 64 valence electrons. The van der Waals surface area contributed by atoms with Gasteiger partial charge in [-0.25, -0.2) is 0 Å². The zero-order chi connectivity index (χ0) is 8.91. The van der Waals surface area contributed by atoms with E-state index in [0.717, 1.165) is 0 Å². The molecule has 0 rings (SSSR count). The normalized spacial score (nSPS) is 15.5. The Morgan fingerprint density at radius 3 is 2.18 bits per heavy atom. The van der Waals surface area contributed by atoms with Crippen molar-refractivity contribution in [3.63, 3.8) is 0 Å². The van der Waals surface area contributed by atoms with E-state index in [1.54, 1.807) is 13.0 Å². The molecule has 0 atom stereocenters. The number of hydrogen-bond donors (Lipinski definition) is 3. The molecule has 0 aromatic rings. The van der Waals surface area contributed by atoms with Crippen LogP contribution in [0, 0.1) is 0 Å². The second-order valence-electron chi connectivity index (χ2n) is 1.82. The van der Waals surface area contributed by atoms with Gasteiger partial charge in [0.15, 0.2) is 0 Å². The van der Waals surface area contributed by atoms with Gasteiger partial charge in [0, 0.05) is 0 Å². The fraction of sp³-hybridized carbons (Fsp3) is 0.143. The summed E-state index contributed by atoms with van der Waals surface area (Å²) in [5.74, 6) is 0. The van der Waals surface area contributed by atoms with Gasteiger partial charge < -0.3 is 13.7 Å². The predicted octanol–water partition coefficient (Wildman–Crippen LogP) is 2.86. The van der Waals surface area contributed by atoms with E-state index >= 15 is 0 Å². The zero-order valence-corrected chi connectivity index (χ0v) is 7.08. The maximum Gasteiger partial charge on any atom is 0.112 e. The Kier molecular flexibility index (Phi) is 4.14. The largest absolute Gasteiger partial charge is 0.304 e. The van der Waals surface area contributed by atoms with Gasteiger partial charge in [0.2, 0.25) is 0 Å². The Labute approximate surface area is 67.9 Å². The van der Waals surface area contributed by atoms with Gasteiger partial charge in [0.25, 0.3) is 0 Å². The van der Waals surface area contributed by atoms with Gasteiger partial charge in [-0.3, -0.25) is 0 Å². The molecular weight excluding hydrogens is 164 g/mol. The van der Waals surface area contributed by atoms with E-state index in [0.29, 0.717) is 0 Å². The summed E-state index contributed by atoms with van der Waals surface area (Å²) in [5.41, 5.74) is 0. The first-order chi connectivity index (χ1) is 5.02. The molecular formula is C7H12O3S. The second-order valence-corrected chi connectivity index (χ2v) is 3.33. The molecule has 0 saturated carbocycles. The number of rotatable bonds is 3. The first kappa shape index (κ1) is 10.4. The molecule has 0 unspecified atom stereocenters. The lowest BCUT2D eigenvalue weighted by atomic mass is 10.4. The summed E-state index contributed by atoms with van der Waals surface area (Å²) in [6, 6.07) is 0. The molecule has 0 amide bonds. The Bertz CT molecular complexity index is 188. The topological polar surface area (TPSA) is 60.7 Å². The monoisotopic (exact) mass is 176 g/mol. The van der Waals surface area contributed by atoms with Crippen molar-refractivity contribution in [1.29, 1.82) is 0 Å². The van der Waals surface area contributed by atoms with Crippen molar-refractivity contribution in [1.82, 2.24) is 0 Å². The van der Waals surface area contributed by atoms with Gasteiger partial charge in [-0.2, -0.15) is 0 Å². The molecule has 0 aromatic heterocycles. The highest BCUT2D eigenvalue weighted by molar-refractivity contribution is 8.23. The first-order valence-electron chi connectivity index (χ1n) is 2.98. The van der Waals surface area contributed by atoms with E-state index in [9.17, 15) is 0 Å². The minimum atomic E-state index is -3.59. The van der Waals surface area contributed by atoms with E-state index in [4.69, 9.17) is 13.7 Å². The van der Waals surface area contributed by atoms with Crippen LogP contribution in [-0.4, -0.2) is 13.7 Å². The maximum atomic E-state index is 8.77. The first-order valence-corrected chi connectivity index (χ1v) is 4.49. The van der Waals surface area contributed by atoms with Crippen LogP contribution in [0.25, 0.3) is 0 Å². The summed E-state index contributed by atoms with van der Waals surface area (Å²) < 4.78 is 26.3. The third-order valence-electron chi connectivity index (χ3n) is 0.929. The lowest BCUT2D eigenvalue weighted by Crippen LogP contribution is -1.96. The molecule has 0 fully saturated rings. The van der Waals surface area contributed by atoms with Gasteiger partial charge in [0.1, 0.15) is 10.9 Å². The smallest absolute Gasteiger partial charge is 0.112 e. The van der Waals surface area contributed by atoms with Gasteiger partial charge in [-0.15, -0.1) is 0 Å². The lowest BCUT2D eigenvalue weighted by molar-refractivity contribution is 0.386.